The maximum absolute atomic E-state index is 13.2. The number of nitrogens with zero attached hydrogens (tertiary/aromatic N) is 2. The maximum atomic E-state index is 13.2. The zero-order valence-electron chi connectivity index (χ0n) is 18.9. The Labute approximate surface area is 193 Å². The molecule has 1 heterocycles. The number of allylic oxidation sites excluding steroid dienone is 1. The first kappa shape index (κ1) is 23.6. The summed E-state index contributed by atoms with van der Waals surface area (Å²) in [5, 5.41) is 16.0. The van der Waals surface area contributed by atoms with E-state index in [0.717, 1.165) is 16.0 Å². The van der Waals surface area contributed by atoms with Crippen LogP contribution in [0.2, 0.25) is 19.6 Å². The van der Waals surface area contributed by atoms with Gasteiger partial charge in [0.25, 0.3) is 5.91 Å². The average Bonchev–Trinajstić information content (AvgIpc) is 3.23. The summed E-state index contributed by atoms with van der Waals surface area (Å²) in [6.45, 7) is 6.43. The lowest BCUT2D eigenvalue weighted by atomic mass is 10.1. The summed E-state index contributed by atoms with van der Waals surface area (Å²) >= 11 is 0. The molecule has 2 aromatic carbocycles. The van der Waals surface area contributed by atoms with Crippen LogP contribution in [0.25, 0.3) is 0 Å². The summed E-state index contributed by atoms with van der Waals surface area (Å²) in [6, 6.07) is 12.5. The van der Waals surface area contributed by atoms with Gasteiger partial charge in [0.05, 0.1) is 26.8 Å². The summed E-state index contributed by atoms with van der Waals surface area (Å²) in [7, 11) is -0.203. The highest BCUT2D eigenvalue weighted by Crippen LogP contribution is 2.21. The molecule has 0 saturated carbocycles. The van der Waals surface area contributed by atoms with Crippen LogP contribution in [-0.2, 0) is 9.59 Å². The minimum absolute atomic E-state index is 0.317. The SMILES string of the molecule is COc1ccc(C(NC(=O)[N+]2=CC(=O)C=C2)C(=O)Nc2ccc([Si](C)(C)C)c(C#N)c2)cc1. The predicted molar refractivity (Wildman–Crippen MR) is 128 cm³/mol. The zero-order chi connectivity index (χ0) is 24.2. The Hall–Kier alpha value is -4.03. The topological polar surface area (TPSA) is 111 Å². The fraction of sp³-hybridized carbons (Fsp3) is 0.208. The number of benzene rings is 2. The Bertz CT molecular complexity index is 1200. The Kier molecular flexibility index (Phi) is 6.89. The van der Waals surface area contributed by atoms with Gasteiger partial charge in [0, 0.05) is 17.3 Å². The van der Waals surface area contributed by atoms with Crippen molar-refractivity contribution in [3.8, 4) is 11.8 Å². The van der Waals surface area contributed by atoms with Crippen LogP contribution in [0.5, 0.6) is 5.75 Å². The molecule has 0 saturated heterocycles. The molecular formula is C24H25N4O4Si+. The summed E-state index contributed by atoms with van der Waals surface area (Å²) < 4.78 is 6.25. The van der Waals surface area contributed by atoms with E-state index in [1.165, 1.54) is 19.4 Å². The fourth-order valence-electron chi connectivity index (χ4n) is 3.38. The first-order valence-corrected chi connectivity index (χ1v) is 13.8. The third-order valence-electron chi connectivity index (χ3n) is 5.09. The third-order valence-corrected chi connectivity index (χ3v) is 7.15. The molecule has 1 aliphatic heterocycles. The lowest BCUT2D eigenvalue weighted by Gasteiger charge is -2.19. The van der Waals surface area contributed by atoms with Crippen molar-refractivity contribution in [1.29, 1.82) is 5.26 Å². The Morgan fingerprint density at radius 3 is 2.36 bits per heavy atom. The van der Waals surface area contributed by atoms with Crippen molar-refractivity contribution in [2.24, 2.45) is 0 Å². The quantitative estimate of drug-likeness (QED) is 0.508. The van der Waals surface area contributed by atoms with E-state index in [1.54, 1.807) is 36.4 Å². The minimum atomic E-state index is -1.73. The molecule has 8 nitrogen and oxygen atoms in total. The molecule has 0 aromatic heterocycles. The Morgan fingerprint density at radius 1 is 1.12 bits per heavy atom. The number of hydrogen-bond acceptors (Lipinski definition) is 5. The van der Waals surface area contributed by atoms with Crippen molar-refractivity contribution in [2.75, 3.05) is 12.4 Å². The van der Waals surface area contributed by atoms with Gasteiger partial charge in [0.1, 0.15) is 18.2 Å². The van der Waals surface area contributed by atoms with Gasteiger partial charge < -0.3 is 10.1 Å². The molecule has 0 spiro atoms. The molecule has 33 heavy (non-hydrogen) atoms. The normalized spacial score (nSPS) is 13.7. The lowest BCUT2D eigenvalue weighted by Crippen LogP contribution is -2.41. The van der Waals surface area contributed by atoms with Gasteiger partial charge in [-0.2, -0.15) is 14.6 Å². The van der Waals surface area contributed by atoms with E-state index < -0.39 is 26.1 Å². The number of carbonyl (C=O) groups excluding carboxylic acids is 3. The molecule has 0 bridgehead atoms. The molecule has 3 rings (SSSR count). The largest absolute Gasteiger partial charge is 0.497 e. The molecule has 0 aliphatic carbocycles. The van der Waals surface area contributed by atoms with Crippen LogP contribution in [0.4, 0.5) is 10.5 Å². The van der Waals surface area contributed by atoms with Crippen molar-refractivity contribution in [3.63, 3.8) is 0 Å². The molecular weight excluding hydrogens is 436 g/mol. The number of hydrogen-bond donors (Lipinski definition) is 2. The molecule has 9 heteroatoms. The van der Waals surface area contributed by atoms with E-state index in [-0.39, 0.29) is 5.78 Å². The van der Waals surface area contributed by atoms with Gasteiger partial charge in [0.2, 0.25) is 11.8 Å². The molecule has 1 aliphatic rings. The van der Waals surface area contributed by atoms with Crippen molar-refractivity contribution in [3.05, 3.63) is 65.9 Å². The number of ketones is 1. The molecule has 1 atom stereocenters. The van der Waals surface area contributed by atoms with Crippen LogP contribution < -0.4 is 20.6 Å². The third kappa shape index (κ3) is 5.61. The van der Waals surface area contributed by atoms with Crippen LogP contribution in [0.15, 0.2) is 54.7 Å². The Balaban J connectivity index is 1.89. The number of ether oxygens (including phenoxy) is 1. The summed E-state index contributed by atoms with van der Waals surface area (Å²) in [6.07, 6.45) is 3.72. The van der Waals surface area contributed by atoms with Crippen LogP contribution in [0.1, 0.15) is 17.2 Å². The van der Waals surface area contributed by atoms with Crippen molar-refractivity contribution >= 4 is 42.9 Å². The van der Waals surface area contributed by atoms with E-state index in [9.17, 15) is 19.6 Å². The van der Waals surface area contributed by atoms with E-state index in [2.05, 4.69) is 36.3 Å². The number of amides is 3. The molecule has 3 amide bonds. The zero-order valence-corrected chi connectivity index (χ0v) is 19.9. The van der Waals surface area contributed by atoms with Gasteiger partial charge in [-0.1, -0.05) is 37.8 Å². The molecule has 2 aromatic rings. The summed E-state index contributed by atoms with van der Waals surface area (Å²) in [5.41, 5.74) is 1.50. The first-order chi connectivity index (χ1) is 15.6. The van der Waals surface area contributed by atoms with Gasteiger partial charge in [-0.05, 0) is 29.5 Å². The standard InChI is InChI=1S/C24H24N4O4Si/c1-32-20-8-5-16(6-9-20)22(27-24(31)28-12-11-19(29)15-28)23(30)26-18-7-10-21(33(2,3)4)17(13-18)14-25/h5-13,15,22H,1-4H3,(H-,26,27,30,31)/p+1. The van der Waals surface area contributed by atoms with Gasteiger partial charge >= 0.3 is 6.03 Å². The molecule has 0 radical (unpaired) electrons. The van der Waals surface area contributed by atoms with Crippen LogP contribution >= 0.6 is 0 Å². The summed E-state index contributed by atoms with van der Waals surface area (Å²) in [5.74, 6) is -0.207. The average molecular weight is 462 g/mol. The highest BCUT2D eigenvalue weighted by atomic mass is 28.3. The van der Waals surface area contributed by atoms with Gasteiger partial charge in [-0.25, -0.2) is 5.32 Å². The van der Waals surface area contributed by atoms with Crippen LogP contribution in [-0.4, -0.2) is 43.7 Å². The van der Waals surface area contributed by atoms with E-state index >= 15 is 0 Å². The van der Waals surface area contributed by atoms with Crippen molar-refractivity contribution in [1.82, 2.24) is 5.32 Å². The molecule has 1 unspecified atom stereocenters. The van der Waals surface area contributed by atoms with E-state index in [4.69, 9.17) is 4.74 Å². The van der Waals surface area contributed by atoms with Crippen molar-refractivity contribution < 1.29 is 23.7 Å². The maximum Gasteiger partial charge on any atom is 0.496 e. The fourth-order valence-corrected chi connectivity index (χ4v) is 4.90. The lowest BCUT2D eigenvalue weighted by molar-refractivity contribution is -0.342. The highest BCUT2D eigenvalue weighted by molar-refractivity contribution is 6.89. The number of methoxy groups -OCH3 is 1. The molecule has 168 valence electrons. The Morgan fingerprint density at radius 2 is 1.82 bits per heavy atom. The smallest absolute Gasteiger partial charge is 0.496 e. The van der Waals surface area contributed by atoms with Crippen molar-refractivity contribution in [2.45, 2.75) is 25.7 Å². The molecule has 2 N–H and O–H groups in total. The van der Waals surface area contributed by atoms with Gasteiger partial charge in [0.15, 0.2) is 0 Å². The second-order valence-electron chi connectivity index (χ2n) is 8.52. The van der Waals surface area contributed by atoms with E-state index in [1.807, 2.05) is 6.07 Å². The number of nitrogens with one attached hydrogen (secondary N) is 2. The second-order valence-corrected chi connectivity index (χ2v) is 13.6. The second kappa shape index (κ2) is 9.63. The number of rotatable bonds is 6. The predicted octanol–water partition coefficient (Wildman–Crippen LogP) is 2.68. The first-order valence-electron chi connectivity index (χ1n) is 10.3. The van der Waals surface area contributed by atoms with Crippen LogP contribution in [0, 0.1) is 11.3 Å². The van der Waals surface area contributed by atoms with Gasteiger partial charge in [-0.3, -0.25) is 9.59 Å². The number of urea groups is 1. The van der Waals surface area contributed by atoms with E-state index in [0.29, 0.717) is 22.6 Å². The minimum Gasteiger partial charge on any atom is -0.497 e. The monoisotopic (exact) mass is 461 g/mol. The highest BCUT2D eigenvalue weighted by Gasteiger charge is 2.31. The molecule has 0 fully saturated rings. The summed E-state index contributed by atoms with van der Waals surface area (Å²) in [4.78, 5) is 37.3. The van der Waals surface area contributed by atoms with Gasteiger partial charge in [-0.15, -0.1) is 0 Å². The number of nitriles is 1. The van der Waals surface area contributed by atoms with Crippen LogP contribution in [0.3, 0.4) is 0 Å². The number of anilines is 1. The number of carbonyl (C=O) groups is 3.